The van der Waals surface area contributed by atoms with Crippen LogP contribution in [0.25, 0.3) is 0 Å². The summed E-state index contributed by atoms with van der Waals surface area (Å²) in [6.07, 6.45) is 2.94. The number of rotatable bonds is 6. The maximum absolute atomic E-state index is 11.9. The molecule has 1 atom stereocenters. The Morgan fingerprint density at radius 2 is 2.16 bits per heavy atom. The second kappa shape index (κ2) is 6.50. The number of aryl methyl sites for hydroxylation is 1. The molecule has 1 aliphatic heterocycles. The average molecular weight is 282 g/mol. The topological polar surface area (TPSA) is 58.2 Å². The van der Waals surface area contributed by atoms with E-state index in [2.05, 4.69) is 10.0 Å². The molecule has 106 valence electrons. The molecule has 0 amide bonds. The van der Waals surface area contributed by atoms with Crippen LogP contribution >= 0.6 is 0 Å². The Labute approximate surface area is 115 Å². The van der Waals surface area contributed by atoms with Gasteiger partial charge in [-0.1, -0.05) is 24.3 Å². The van der Waals surface area contributed by atoms with Crippen molar-refractivity contribution >= 4 is 10.0 Å². The first-order chi connectivity index (χ1) is 9.07. The summed E-state index contributed by atoms with van der Waals surface area (Å²) in [6.45, 7) is 3.39. The van der Waals surface area contributed by atoms with Crippen LogP contribution < -0.4 is 10.0 Å². The maximum atomic E-state index is 11.9. The smallest absolute Gasteiger partial charge is 0.211 e. The number of hydrogen-bond acceptors (Lipinski definition) is 3. The highest BCUT2D eigenvalue weighted by molar-refractivity contribution is 7.89. The molecule has 0 aromatic heterocycles. The highest BCUT2D eigenvalue weighted by Crippen LogP contribution is 2.10. The lowest BCUT2D eigenvalue weighted by Gasteiger charge is -2.12. The lowest BCUT2D eigenvalue weighted by molar-refractivity contribution is 0.553. The van der Waals surface area contributed by atoms with Crippen molar-refractivity contribution in [2.24, 2.45) is 0 Å². The summed E-state index contributed by atoms with van der Waals surface area (Å²) in [7, 11) is -3.17. The average Bonchev–Trinajstić information content (AvgIpc) is 2.89. The largest absolute Gasteiger partial charge is 0.314 e. The summed E-state index contributed by atoms with van der Waals surface area (Å²) in [6, 6.07) is 8.20. The van der Waals surface area contributed by atoms with Gasteiger partial charge in [0.1, 0.15) is 0 Å². The molecule has 0 aliphatic carbocycles. The Kier molecular flexibility index (Phi) is 4.96. The highest BCUT2D eigenvalue weighted by atomic mass is 32.2. The highest BCUT2D eigenvalue weighted by Gasteiger charge is 2.18. The zero-order chi connectivity index (χ0) is 13.7. The fourth-order valence-corrected chi connectivity index (χ4v) is 3.48. The molecule has 1 unspecified atom stereocenters. The Hall–Kier alpha value is -0.910. The summed E-state index contributed by atoms with van der Waals surface area (Å²) >= 11 is 0. The van der Waals surface area contributed by atoms with Crippen molar-refractivity contribution in [1.29, 1.82) is 0 Å². The molecule has 1 heterocycles. The third kappa shape index (κ3) is 4.60. The zero-order valence-electron chi connectivity index (χ0n) is 11.4. The molecule has 4 nitrogen and oxygen atoms in total. The van der Waals surface area contributed by atoms with Crippen molar-refractivity contribution in [3.05, 3.63) is 35.4 Å². The molecule has 1 aromatic carbocycles. The van der Waals surface area contributed by atoms with Crippen LogP contribution in [-0.2, 0) is 16.6 Å². The monoisotopic (exact) mass is 282 g/mol. The van der Waals surface area contributed by atoms with Gasteiger partial charge in [-0.2, -0.15) is 0 Å². The lowest BCUT2D eigenvalue weighted by Crippen LogP contribution is -2.30. The minimum absolute atomic E-state index is 0.205. The van der Waals surface area contributed by atoms with Crippen LogP contribution in [0.1, 0.15) is 30.4 Å². The van der Waals surface area contributed by atoms with Gasteiger partial charge in [-0.05, 0) is 43.9 Å². The molecule has 1 aliphatic rings. The van der Waals surface area contributed by atoms with Gasteiger partial charge in [-0.15, -0.1) is 0 Å². The summed E-state index contributed by atoms with van der Waals surface area (Å²) in [5.74, 6) is 0.205. The van der Waals surface area contributed by atoms with Crippen molar-refractivity contribution in [2.45, 2.75) is 38.8 Å². The molecule has 0 spiro atoms. The van der Waals surface area contributed by atoms with E-state index >= 15 is 0 Å². The van der Waals surface area contributed by atoms with Gasteiger partial charge < -0.3 is 5.32 Å². The minimum atomic E-state index is -3.17. The van der Waals surface area contributed by atoms with Crippen LogP contribution in [0.5, 0.6) is 0 Å². The molecule has 0 radical (unpaired) electrons. The van der Waals surface area contributed by atoms with Gasteiger partial charge in [0.2, 0.25) is 10.0 Å². The van der Waals surface area contributed by atoms with Gasteiger partial charge in [-0.25, -0.2) is 13.1 Å². The van der Waals surface area contributed by atoms with E-state index in [9.17, 15) is 8.42 Å². The van der Waals surface area contributed by atoms with Crippen molar-refractivity contribution in [1.82, 2.24) is 10.0 Å². The summed E-state index contributed by atoms with van der Waals surface area (Å²) in [5.41, 5.74) is 2.15. The number of sulfonamides is 1. The van der Waals surface area contributed by atoms with E-state index in [1.54, 1.807) is 0 Å². The van der Waals surface area contributed by atoms with E-state index < -0.39 is 10.0 Å². The molecule has 1 fully saturated rings. The summed E-state index contributed by atoms with van der Waals surface area (Å²) < 4.78 is 26.6. The van der Waals surface area contributed by atoms with Crippen LogP contribution in [0.4, 0.5) is 0 Å². The first-order valence-corrected chi connectivity index (χ1v) is 8.47. The van der Waals surface area contributed by atoms with E-state index in [4.69, 9.17) is 0 Å². The predicted molar refractivity (Wildman–Crippen MR) is 77.4 cm³/mol. The molecule has 1 saturated heterocycles. The van der Waals surface area contributed by atoms with Crippen molar-refractivity contribution in [3.63, 3.8) is 0 Å². The van der Waals surface area contributed by atoms with E-state index in [1.807, 2.05) is 31.2 Å². The maximum Gasteiger partial charge on any atom is 0.211 e. The Morgan fingerprint density at radius 1 is 1.37 bits per heavy atom. The van der Waals surface area contributed by atoms with Crippen LogP contribution in [0, 0.1) is 6.92 Å². The second-order valence-corrected chi connectivity index (χ2v) is 7.07. The Balaban J connectivity index is 1.82. The normalized spacial score (nSPS) is 19.7. The lowest BCUT2D eigenvalue weighted by atomic mass is 10.1. The quantitative estimate of drug-likeness (QED) is 0.832. The standard InChI is InChI=1S/C14H22N2O2S/c1-12-5-2-3-6-13(12)11-16-19(17,18)10-8-14-7-4-9-15-14/h2-3,5-6,14-16H,4,7-11H2,1H3. The molecule has 0 saturated carbocycles. The zero-order valence-corrected chi connectivity index (χ0v) is 12.2. The third-order valence-corrected chi connectivity index (χ3v) is 5.00. The summed E-state index contributed by atoms with van der Waals surface area (Å²) in [5, 5.41) is 3.32. The van der Waals surface area contributed by atoms with Gasteiger partial charge >= 0.3 is 0 Å². The number of benzene rings is 1. The third-order valence-electron chi connectivity index (χ3n) is 3.64. The van der Waals surface area contributed by atoms with Crippen LogP contribution in [-0.4, -0.2) is 26.8 Å². The molecule has 2 rings (SSSR count). The first-order valence-electron chi connectivity index (χ1n) is 6.82. The van der Waals surface area contributed by atoms with Crippen LogP contribution in [0.15, 0.2) is 24.3 Å². The van der Waals surface area contributed by atoms with Gasteiger partial charge in [0.15, 0.2) is 0 Å². The van der Waals surface area contributed by atoms with Crippen molar-refractivity contribution in [2.75, 3.05) is 12.3 Å². The number of nitrogens with one attached hydrogen (secondary N) is 2. The molecular formula is C14H22N2O2S. The SMILES string of the molecule is Cc1ccccc1CNS(=O)(=O)CCC1CCCN1. The molecule has 2 N–H and O–H groups in total. The van der Waals surface area contributed by atoms with Gasteiger partial charge in [-0.3, -0.25) is 0 Å². The van der Waals surface area contributed by atoms with Crippen molar-refractivity contribution < 1.29 is 8.42 Å². The second-order valence-electron chi connectivity index (χ2n) is 5.15. The fourth-order valence-electron chi connectivity index (χ4n) is 2.37. The van der Waals surface area contributed by atoms with Crippen LogP contribution in [0.3, 0.4) is 0 Å². The van der Waals surface area contributed by atoms with E-state index in [1.165, 1.54) is 0 Å². The first kappa shape index (κ1) is 14.5. The molecule has 19 heavy (non-hydrogen) atoms. The molecule has 1 aromatic rings. The van der Waals surface area contributed by atoms with E-state index in [0.717, 1.165) is 30.5 Å². The van der Waals surface area contributed by atoms with Gasteiger partial charge in [0, 0.05) is 12.6 Å². The van der Waals surface area contributed by atoms with Gasteiger partial charge in [0.25, 0.3) is 0 Å². The molecule has 0 bridgehead atoms. The predicted octanol–water partition coefficient (Wildman–Crippen LogP) is 1.56. The van der Waals surface area contributed by atoms with Crippen LogP contribution in [0.2, 0.25) is 0 Å². The Bertz CT molecular complexity index is 508. The van der Waals surface area contributed by atoms with Gasteiger partial charge in [0.05, 0.1) is 5.75 Å². The Morgan fingerprint density at radius 3 is 2.84 bits per heavy atom. The molecule has 5 heteroatoms. The van der Waals surface area contributed by atoms with E-state index in [-0.39, 0.29) is 5.75 Å². The van der Waals surface area contributed by atoms with Crippen molar-refractivity contribution in [3.8, 4) is 0 Å². The number of hydrogen-bond donors (Lipinski definition) is 2. The molecular weight excluding hydrogens is 260 g/mol. The van der Waals surface area contributed by atoms with E-state index in [0.29, 0.717) is 19.0 Å². The summed E-state index contributed by atoms with van der Waals surface area (Å²) in [4.78, 5) is 0. The minimum Gasteiger partial charge on any atom is -0.314 e. The fraction of sp³-hybridized carbons (Fsp3) is 0.571.